The minimum absolute atomic E-state index is 0.00716. The number of hydrogen-bond acceptors (Lipinski definition) is 6. The van der Waals surface area contributed by atoms with E-state index < -0.39 is 18.1 Å². The predicted molar refractivity (Wildman–Crippen MR) is 158 cm³/mol. The Kier molecular flexibility index (Phi) is 12.3. The van der Waals surface area contributed by atoms with Crippen LogP contribution in [-0.2, 0) is 30.4 Å². The fourth-order valence-electron chi connectivity index (χ4n) is 6.19. The van der Waals surface area contributed by atoms with E-state index in [0.717, 1.165) is 5.56 Å². The SMILES string of the molecule is CCNC(=O)[C@H](CC)N1C[C@@H](NC(=O)[C@H](CCc2ccccc2)N2CC(C)[C@H](NC(=O)CCCC(=O)O)C2=O)CC1C. The van der Waals surface area contributed by atoms with Crippen molar-refractivity contribution < 1.29 is 29.1 Å². The molecule has 0 radical (unpaired) electrons. The highest BCUT2D eigenvalue weighted by molar-refractivity contribution is 5.94. The molecule has 42 heavy (non-hydrogen) atoms. The standard InChI is InChI=1S/C31H47N5O6/c1-5-24(29(40)32-6-2)35-19-23(17-21(35)4)33-30(41)25(16-15-22-11-8-7-9-12-22)36-18-20(3)28(31(36)42)34-26(37)13-10-14-27(38)39/h7-9,11-12,20-21,23-25,28H,5-6,10,13-19H2,1-4H3,(H,32,40)(H,33,41)(H,34,37)(H,38,39)/t20?,21?,23-,24-,25-,28-/m0/s1. The first kappa shape index (κ1) is 33.0. The third kappa shape index (κ3) is 8.77. The fraction of sp³-hybridized carbons (Fsp3) is 0.645. The Morgan fingerprint density at radius 1 is 0.976 bits per heavy atom. The molecule has 232 valence electrons. The number of nitrogens with zero attached hydrogens (tertiary/aromatic N) is 2. The molecular weight excluding hydrogens is 538 g/mol. The molecule has 0 bridgehead atoms. The van der Waals surface area contributed by atoms with Crippen LogP contribution in [0.25, 0.3) is 0 Å². The summed E-state index contributed by atoms with van der Waals surface area (Å²) in [5, 5.41) is 17.7. The number of amides is 4. The fourth-order valence-corrected chi connectivity index (χ4v) is 6.19. The maximum atomic E-state index is 13.8. The van der Waals surface area contributed by atoms with Gasteiger partial charge in [0.1, 0.15) is 12.1 Å². The monoisotopic (exact) mass is 585 g/mol. The molecule has 2 fully saturated rings. The Hall–Kier alpha value is -3.47. The van der Waals surface area contributed by atoms with Crippen LogP contribution in [0.5, 0.6) is 0 Å². The van der Waals surface area contributed by atoms with Crippen molar-refractivity contribution in [2.75, 3.05) is 19.6 Å². The van der Waals surface area contributed by atoms with E-state index in [0.29, 0.717) is 45.3 Å². The average Bonchev–Trinajstić information content (AvgIpc) is 3.43. The number of carboxylic acid groups (broad SMARTS) is 1. The molecule has 1 aromatic carbocycles. The highest BCUT2D eigenvalue weighted by Crippen LogP contribution is 2.26. The smallest absolute Gasteiger partial charge is 0.303 e. The number of hydrogen-bond donors (Lipinski definition) is 4. The molecule has 0 aliphatic carbocycles. The minimum Gasteiger partial charge on any atom is -0.481 e. The van der Waals surface area contributed by atoms with Gasteiger partial charge in [-0.05, 0) is 51.5 Å². The van der Waals surface area contributed by atoms with E-state index in [9.17, 15) is 24.0 Å². The molecule has 2 aliphatic heterocycles. The molecule has 11 nitrogen and oxygen atoms in total. The number of likely N-dealkylation sites (tertiary alicyclic amines) is 2. The molecule has 0 saturated carbocycles. The van der Waals surface area contributed by atoms with Gasteiger partial charge in [-0.25, -0.2) is 0 Å². The number of rotatable bonds is 15. The molecule has 2 saturated heterocycles. The molecule has 2 unspecified atom stereocenters. The lowest BCUT2D eigenvalue weighted by atomic mass is 10.0. The quantitative estimate of drug-likeness (QED) is 0.245. The summed E-state index contributed by atoms with van der Waals surface area (Å²) in [7, 11) is 0. The van der Waals surface area contributed by atoms with Crippen LogP contribution in [0.3, 0.4) is 0 Å². The number of carboxylic acids is 1. The lowest BCUT2D eigenvalue weighted by Crippen LogP contribution is -2.53. The van der Waals surface area contributed by atoms with Gasteiger partial charge in [0.25, 0.3) is 0 Å². The third-order valence-corrected chi connectivity index (χ3v) is 8.35. The second-order valence-corrected chi connectivity index (χ2v) is 11.6. The second kappa shape index (κ2) is 15.7. The van der Waals surface area contributed by atoms with E-state index in [4.69, 9.17) is 5.11 Å². The third-order valence-electron chi connectivity index (χ3n) is 8.35. The van der Waals surface area contributed by atoms with Crippen molar-refractivity contribution in [2.24, 2.45) is 5.92 Å². The number of likely N-dealkylation sites (N-methyl/N-ethyl adjacent to an activating group) is 1. The summed E-state index contributed by atoms with van der Waals surface area (Å²) >= 11 is 0. The van der Waals surface area contributed by atoms with Gasteiger partial charge in [0.2, 0.25) is 23.6 Å². The highest BCUT2D eigenvalue weighted by Gasteiger charge is 2.44. The van der Waals surface area contributed by atoms with Crippen LogP contribution in [-0.4, -0.2) is 94.3 Å². The van der Waals surface area contributed by atoms with Crippen molar-refractivity contribution in [3.05, 3.63) is 35.9 Å². The zero-order valence-electron chi connectivity index (χ0n) is 25.3. The van der Waals surface area contributed by atoms with E-state index in [2.05, 4.69) is 27.8 Å². The minimum atomic E-state index is -0.972. The summed E-state index contributed by atoms with van der Waals surface area (Å²) < 4.78 is 0. The van der Waals surface area contributed by atoms with E-state index in [1.165, 1.54) is 0 Å². The molecule has 4 amide bonds. The summed E-state index contributed by atoms with van der Waals surface area (Å²) in [5.41, 5.74) is 1.06. The van der Waals surface area contributed by atoms with E-state index in [-0.39, 0.29) is 66.9 Å². The first-order chi connectivity index (χ1) is 20.0. The van der Waals surface area contributed by atoms with Crippen molar-refractivity contribution in [2.45, 2.75) is 103 Å². The van der Waals surface area contributed by atoms with Crippen LogP contribution in [0, 0.1) is 5.92 Å². The van der Waals surface area contributed by atoms with Crippen molar-refractivity contribution in [3.8, 4) is 0 Å². The summed E-state index contributed by atoms with van der Waals surface area (Å²) in [6.45, 7) is 9.26. The van der Waals surface area contributed by atoms with Gasteiger partial charge in [-0.15, -0.1) is 0 Å². The van der Waals surface area contributed by atoms with Crippen LogP contribution in [0.15, 0.2) is 30.3 Å². The molecule has 4 N–H and O–H groups in total. The average molecular weight is 586 g/mol. The zero-order chi connectivity index (χ0) is 30.8. The van der Waals surface area contributed by atoms with Gasteiger partial charge in [-0.2, -0.15) is 0 Å². The maximum Gasteiger partial charge on any atom is 0.303 e. The number of aliphatic carboxylic acids is 1. The van der Waals surface area contributed by atoms with Crippen LogP contribution < -0.4 is 16.0 Å². The lowest BCUT2D eigenvalue weighted by molar-refractivity contribution is -0.140. The maximum absolute atomic E-state index is 13.8. The van der Waals surface area contributed by atoms with Crippen LogP contribution in [0.4, 0.5) is 0 Å². The first-order valence-corrected chi connectivity index (χ1v) is 15.2. The molecular formula is C31H47N5O6. The summed E-state index contributed by atoms with van der Waals surface area (Å²) in [6.07, 6.45) is 2.49. The van der Waals surface area contributed by atoms with Gasteiger partial charge in [0.15, 0.2) is 0 Å². The van der Waals surface area contributed by atoms with Gasteiger partial charge in [-0.3, -0.25) is 28.9 Å². The molecule has 1 aromatic rings. The van der Waals surface area contributed by atoms with Crippen LogP contribution >= 0.6 is 0 Å². The number of benzene rings is 1. The Bertz CT molecular complexity index is 1100. The van der Waals surface area contributed by atoms with Gasteiger partial charge >= 0.3 is 5.97 Å². The van der Waals surface area contributed by atoms with Gasteiger partial charge in [0.05, 0.1) is 6.04 Å². The summed E-state index contributed by atoms with van der Waals surface area (Å²) in [4.78, 5) is 67.1. The van der Waals surface area contributed by atoms with Crippen LogP contribution in [0.2, 0.25) is 0 Å². The number of aryl methyl sites for hydroxylation is 1. The van der Waals surface area contributed by atoms with E-state index in [1.54, 1.807) is 4.90 Å². The predicted octanol–water partition coefficient (Wildman–Crippen LogP) is 1.70. The summed E-state index contributed by atoms with van der Waals surface area (Å²) in [6, 6.07) is 8.00. The Balaban J connectivity index is 1.71. The zero-order valence-corrected chi connectivity index (χ0v) is 25.3. The van der Waals surface area contributed by atoms with E-state index >= 15 is 0 Å². The molecule has 6 atom stereocenters. The van der Waals surface area contributed by atoms with Gasteiger partial charge < -0.3 is 26.0 Å². The number of carbonyl (C=O) groups is 5. The molecule has 2 heterocycles. The molecule has 0 spiro atoms. The molecule has 11 heteroatoms. The summed E-state index contributed by atoms with van der Waals surface area (Å²) in [5.74, 6) is -2.09. The largest absolute Gasteiger partial charge is 0.481 e. The van der Waals surface area contributed by atoms with Crippen LogP contribution in [0.1, 0.15) is 71.8 Å². The van der Waals surface area contributed by atoms with Crippen molar-refractivity contribution in [1.29, 1.82) is 0 Å². The second-order valence-electron chi connectivity index (χ2n) is 11.6. The number of carbonyl (C=O) groups excluding carboxylic acids is 4. The Labute approximate surface area is 248 Å². The van der Waals surface area contributed by atoms with E-state index in [1.807, 2.05) is 51.1 Å². The first-order valence-electron chi connectivity index (χ1n) is 15.2. The molecule has 0 aromatic heterocycles. The molecule has 2 aliphatic rings. The Morgan fingerprint density at radius 3 is 2.33 bits per heavy atom. The van der Waals surface area contributed by atoms with Crippen molar-refractivity contribution in [3.63, 3.8) is 0 Å². The lowest BCUT2D eigenvalue weighted by Gasteiger charge is -2.30. The van der Waals surface area contributed by atoms with Crippen molar-refractivity contribution >= 4 is 29.6 Å². The number of nitrogens with one attached hydrogen (secondary N) is 3. The van der Waals surface area contributed by atoms with Crippen molar-refractivity contribution in [1.82, 2.24) is 25.8 Å². The highest BCUT2D eigenvalue weighted by atomic mass is 16.4. The van der Waals surface area contributed by atoms with Gasteiger partial charge in [-0.1, -0.05) is 44.2 Å². The Morgan fingerprint density at radius 2 is 1.69 bits per heavy atom. The topological polar surface area (TPSA) is 148 Å². The normalized spacial score (nSPS) is 23.8. The van der Waals surface area contributed by atoms with Gasteiger partial charge in [0, 0.05) is 50.5 Å². The molecule has 3 rings (SSSR count).